The normalized spacial score (nSPS) is 16.3. The Morgan fingerprint density at radius 2 is 1.97 bits per heavy atom. The maximum atomic E-state index is 13.1. The molecule has 0 unspecified atom stereocenters. The Bertz CT molecular complexity index is 881. The lowest BCUT2D eigenvalue weighted by atomic mass is 10.0. The van der Waals surface area contributed by atoms with Gasteiger partial charge in [0.05, 0.1) is 18.0 Å². The SMILES string of the molecule is CC(C)NC(=O)c1cc2c(nc1NCC1CC1)CCN(c1ncc(F)cn1)CC2. The molecule has 4 rings (SSSR count). The number of halogens is 1. The molecule has 2 aliphatic rings. The first-order valence-corrected chi connectivity index (χ1v) is 10.3. The summed E-state index contributed by atoms with van der Waals surface area (Å²) in [5.74, 6) is 1.32. The largest absolute Gasteiger partial charge is 0.369 e. The van der Waals surface area contributed by atoms with Crippen LogP contribution >= 0.6 is 0 Å². The van der Waals surface area contributed by atoms with E-state index in [0.29, 0.717) is 36.3 Å². The Kier molecular flexibility index (Phi) is 5.60. The molecule has 1 aliphatic heterocycles. The quantitative estimate of drug-likeness (QED) is 0.778. The van der Waals surface area contributed by atoms with Gasteiger partial charge in [0.25, 0.3) is 5.91 Å². The summed E-state index contributed by atoms with van der Waals surface area (Å²) in [6.45, 7) is 6.15. The minimum absolute atomic E-state index is 0.0590. The number of rotatable bonds is 6. The van der Waals surface area contributed by atoms with E-state index in [4.69, 9.17) is 4.98 Å². The molecular weight excluding hydrogens is 371 g/mol. The van der Waals surface area contributed by atoms with Crippen molar-refractivity contribution in [3.63, 3.8) is 0 Å². The minimum Gasteiger partial charge on any atom is -0.369 e. The topological polar surface area (TPSA) is 83.0 Å². The van der Waals surface area contributed by atoms with E-state index in [2.05, 4.69) is 20.6 Å². The molecule has 0 aromatic carbocycles. The number of nitrogens with zero attached hydrogens (tertiary/aromatic N) is 4. The van der Waals surface area contributed by atoms with Crippen LogP contribution in [0.4, 0.5) is 16.2 Å². The zero-order valence-corrected chi connectivity index (χ0v) is 16.9. The zero-order valence-electron chi connectivity index (χ0n) is 16.9. The Labute approximate surface area is 170 Å². The van der Waals surface area contributed by atoms with Crippen LogP contribution in [0.25, 0.3) is 0 Å². The molecule has 29 heavy (non-hydrogen) atoms. The molecule has 0 atom stereocenters. The molecule has 0 saturated heterocycles. The van der Waals surface area contributed by atoms with E-state index in [9.17, 15) is 9.18 Å². The number of hydrogen-bond donors (Lipinski definition) is 2. The van der Waals surface area contributed by atoms with Gasteiger partial charge in [0.1, 0.15) is 5.82 Å². The van der Waals surface area contributed by atoms with E-state index in [1.54, 1.807) is 0 Å². The van der Waals surface area contributed by atoms with Crippen molar-refractivity contribution in [2.75, 3.05) is 29.9 Å². The van der Waals surface area contributed by atoms with Crippen LogP contribution in [0, 0.1) is 11.7 Å². The Hall–Kier alpha value is -2.77. The van der Waals surface area contributed by atoms with Crippen LogP contribution in [0.2, 0.25) is 0 Å². The second-order valence-corrected chi connectivity index (χ2v) is 8.13. The van der Waals surface area contributed by atoms with Gasteiger partial charge >= 0.3 is 0 Å². The number of anilines is 2. The number of carbonyl (C=O) groups excluding carboxylic acids is 1. The van der Waals surface area contributed by atoms with Crippen molar-refractivity contribution in [2.45, 2.75) is 45.6 Å². The summed E-state index contributed by atoms with van der Waals surface area (Å²) in [5.41, 5.74) is 2.67. The first-order chi connectivity index (χ1) is 14.0. The lowest BCUT2D eigenvalue weighted by molar-refractivity contribution is 0.0943. The highest BCUT2D eigenvalue weighted by Gasteiger charge is 2.25. The molecule has 1 fully saturated rings. The minimum atomic E-state index is -0.444. The van der Waals surface area contributed by atoms with Crippen molar-refractivity contribution in [2.24, 2.45) is 5.92 Å². The molecule has 1 saturated carbocycles. The summed E-state index contributed by atoms with van der Waals surface area (Å²) in [5, 5.41) is 6.38. The number of fused-ring (bicyclic) bond motifs is 1. The molecule has 0 spiro atoms. The first kappa shape index (κ1) is 19.5. The highest BCUT2D eigenvalue weighted by atomic mass is 19.1. The van der Waals surface area contributed by atoms with Crippen LogP contribution in [-0.2, 0) is 12.8 Å². The third kappa shape index (κ3) is 4.81. The van der Waals surface area contributed by atoms with Gasteiger partial charge in [-0.1, -0.05) is 0 Å². The maximum Gasteiger partial charge on any atom is 0.255 e. The van der Waals surface area contributed by atoms with Gasteiger partial charge in [-0.3, -0.25) is 4.79 Å². The average molecular weight is 398 g/mol. The van der Waals surface area contributed by atoms with Gasteiger partial charge in [-0.05, 0) is 50.7 Å². The fourth-order valence-electron chi connectivity index (χ4n) is 3.51. The average Bonchev–Trinajstić information content (AvgIpc) is 3.52. The smallest absolute Gasteiger partial charge is 0.255 e. The molecular formula is C21H27FN6O. The van der Waals surface area contributed by atoms with Crippen molar-refractivity contribution >= 4 is 17.7 Å². The molecule has 2 aromatic heterocycles. The van der Waals surface area contributed by atoms with E-state index < -0.39 is 5.82 Å². The molecule has 2 N–H and O–H groups in total. The molecule has 2 aromatic rings. The Balaban J connectivity index is 1.57. The molecule has 7 nitrogen and oxygen atoms in total. The second-order valence-electron chi connectivity index (χ2n) is 8.13. The van der Waals surface area contributed by atoms with Crippen molar-refractivity contribution in [3.05, 3.63) is 41.1 Å². The first-order valence-electron chi connectivity index (χ1n) is 10.3. The number of hydrogen-bond acceptors (Lipinski definition) is 6. The van der Waals surface area contributed by atoms with E-state index in [0.717, 1.165) is 30.6 Å². The summed E-state index contributed by atoms with van der Waals surface area (Å²) < 4.78 is 13.1. The molecule has 154 valence electrons. The molecule has 1 aliphatic carbocycles. The maximum absolute atomic E-state index is 13.1. The van der Waals surface area contributed by atoms with Gasteiger partial charge in [-0.25, -0.2) is 19.3 Å². The van der Waals surface area contributed by atoms with E-state index in [1.165, 1.54) is 25.2 Å². The summed E-state index contributed by atoms with van der Waals surface area (Å²) in [7, 11) is 0. The number of pyridine rings is 1. The summed E-state index contributed by atoms with van der Waals surface area (Å²) in [6, 6.07) is 2.04. The number of nitrogens with one attached hydrogen (secondary N) is 2. The van der Waals surface area contributed by atoms with Crippen LogP contribution in [-0.4, -0.2) is 46.5 Å². The number of carbonyl (C=O) groups is 1. The van der Waals surface area contributed by atoms with E-state index in [1.807, 2.05) is 24.8 Å². The standard InChI is InChI=1S/C21H27FN6O/c1-13(2)26-20(29)17-9-15-5-7-28(21-24-11-16(22)12-25-21)8-6-18(15)27-19(17)23-10-14-3-4-14/h9,11-14H,3-8,10H2,1-2H3,(H,23,27)(H,26,29). The molecule has 8 heteroatoms. The van der Waals surface area contributed by atoms with Gasteiger partial charge in [0.2, 0.25) is 5.95 Å². The van der Waals surface area contributed by atoms with E-state index >= 15 is 0 Å². The van der Waals surface area contributed by atoms with Crippen LogP contribution in [0.5, 0.6) is 0 Å². The number of aromatic nitrogens is 3. The lowest BCUT2D eigenvalue weighted by Crippen LogP contribution is -2.31. The summed E-state index contributed by atoms with van der Waals surface area (Å²) >= 11 is 0. The monoisotopic (exact) mass is 398 g/mol. The van der Waals surface area contributed by atoms with Crippen molar-refractivity contribution < 1.29 is 9.18 Å². The second kappa shape index (κ2) is 8.31. The summed E-state index contributed by atoms with van der Waals surface area (Å²) in [4.78, 5) is 27.8. The zero-order chi connectivity index (χ0) is 20.4. The Morgan fingerprint density at radius 3 is 2.66 bits per heavy atom. The van der Waals surface area contributed by atoms with E-state index in [-0.39, 0.29) is 11.9 Å². The van der Waals surface area contributed by atoms with Crippen LogP contribution < -0.4 is 15.5 Å². The Morgan fingerprint density at radius 1 is 1.24 bits per heavy atom. The third-order valence-electron chi connectivity index (χ3n) is 5.27. The van der Waals surface area contributed by atoms with Gasteiger partial charge in [-0.2, -0.15) is 0 Å². The van der Waals surface area contributed by atoms with Crippen molar-refractivity contribution in [3.8, 4) is 0 Å². The highest BCUT2D eigenvalue weighted by molar-refractivity contribution is 5.99. The van der Waals surface area contributed by atoms with Crippen molar-refractivity contribution in [1.82, 2.24) is 20.3 Å². The van der Waals surface area contributed by atoms with Gasteiger partial charge < -0.3 is 15.5 Å². The molecule has 0 bridgehead atoms. The molecule has 3 heterocycles. The van der Waals surface area contributed by atoms with Crippen molar-refractivity contribution in [1.29, 1.82) is 0 Å². The fraction of sp³-hybridized carbons (Fsp3) is 0.524. The van der Waals surface area contributed by atoms with Crippen LogP contribution in [0.1, 0.15) is 48.3 Å². The fourth-order valence-corrected chi connectivity index (χ4v) is 3.51. The van der Waals surface area contributed by atoms with Gasteiger partial charge in [0.15, 0.2) is 5.82 Å². The van der Waals surface area contributed by atoms with Gasteiger partial charge in [-0.15, -0.1) is 0 Å². The number of amides is 1. The highest BCUT2D eigenvalue weighted by Crippen LogP contribution is 2.30. The predicted molar refractivity (Wildman–Crippen MR) is 110 cm³/mol. The molecule has 1 amide bonds. The molecule has 0 radical (unpaired) electrons. The van der Waals surface area contributed by atoms with Crippen LogP contribution in [0.3, 0.4) is 0 Å². The van der Waals surface area contributed by atoms with Crippen LogP contribution in [0.15, 0.2) is 18.5 Å². The van der Waals surface area contributed by atoms with Gasteiger partial charge in [0, 0.05) is 37.8 Å². The lowest BCUT2D eigenvalue weighted by Gasteiger charge is -2.19. The third-order valence-corrected chi connectivity index (χ3v) is 5.27. The summed E-state index contributed by atoms with van der Waals surface area (Å²) in [6.07, 6.45) is 6.30. The predicted octanol–water partition coefficient (Wildman–Crippen LogP) is 2.58.